The predicted octanol–water partition coefficient (Wildman–Crippen LogP) is 5.15. The van der Waals surface area contributed by atoms with Crippen molar-refractivity contribution in [1.82, 2.24) is 20.0 Å². The molecule has 0 bridgehead atoms. The summed E-state index contributed by atoms with van der Waals surface area (Å²) in [4.78, 5) is 12.8. The van der Waals surface area contributed by atoms with Crippen molar-refractivity contribution >= 4 is 23.2 Å². The number of nitrogens with one attached hydrogen (secondary N) is 2. The van der Waals surface area contributed by atoms with Crippen molar-refractivity contribution < 1.29 is 4.79 Å². The topological polar surface area (TPSA) is 75.6 Å². The van der Waals surface area contributed by atoms with Crippen LogP contribution in [0.4, 0.5) is 5.69 Å². The molecule has 30 heavy (non-hydrogen) atoms. The molecular formula is C23H22ClN5O. The number of halogens is 1. The lowest BCUT2D eigenvalue weighted by Gasteiger charge is -2.08. The van der Waals surface area contributed by atoms with Crippen LogP contribution in [0.15, 0.2) is 54.6 Å². The van der Waals surface area contributed by atoms with E-state index in [2.05, 4.69) is 20.6 Å². The van der Waals surface area contributed by atoms with E-state index in [1.165, 1.54) is 5.56 Å². The van der Waals surface area contributed by atoms with Crippen molar-refractivity contribution in [2.75, 3.05) is 5.32 Å². The van der Waals surface area contributed by atoms with Gasteiger partial charge in [-0.05, 0) is 38.5 Å². The van der Waals surface area contributed by atoms with Gasteiger partial charge in [0.25, 0.3) is 5.91 Å². The highest BCUT2D eigenvalue weighted by Gasteiger charge is 2.18. The third-order valence-corrected chi connectivity index (χ3v) is 5.44. The van der Waals surface area contributed by atoms with Gasteiger partial charge in [-0.2, -0.15) is 10.2 Å². The average Bonchev–Trinajstić information content (AvgIpc) is 3.32. The Balaban J connectivity index is 1.53. The SMILES string of the molecule is Cc1ccc(-c2cc(C(=O)Nc3c(C)nn(Cc4ccccc4Cl)c3C)[nH]n2)cc1. The largest absolute Gasteiger partial charge is 0.318 e. The fourth-order valence-electron chi connectivity index (χ4n) is 3.31. The van der Waals surface area contributed by atoms with E-state index in [4.69, 9.17) is 11.6 Å². The molecule has 2 heterocycles. The third-order valence-electron chi connectivity index (χ3n) is 5.07. The highest BCUT2D eigenvalue weighted by Crippen LogP contribution is 2.24. The Bertz CT molecular complexity index is 1210. The molecule has 2 aromatic heterocycles. The van der Waals surface area contributed by atoms with Crippen molar-refractivity contribution in [1.29, 1.82) is 0 Å². The molecule has 0 aliphatic carbocycles. The lowest BCUT2D eigenvalue weighted by molar-refractivity contribution is 0.102. The van der Waals surface area contributed by atoms with Gasteiger partial charge in [0.2, 0.25) is 0 Å². The summed E-state index contributed by atoms with van der Waals surface area (Å²) in [5, 5.41) is 15.3. The van der Waals surface area contributed by atoms with E-state index < -0.39 is 0 Å². The summed E-state index contributed by atoms with van der Waals surface area (Å²) in [6, 6.07) is 17.4. The number of aryl methyl sites for hydroxylation is 2. The number of nitrogens with zero attached hydrogens (tertiary/aromatic N) is 3. The number of carbonyl (C=O) groups is 1. The molecule has 1 amide bonds. The first-order chi connectivity index (χ1) is 14.4. The quantitative estimate of drug-likeness (QED) is 0.469. The fraction of sp³-hybridized carbons (Fsp3) is 0.174. The molecule has 0 saturated carbocycles. The number of hydrogen-bond donors (Lipinski definition) is 2. The third kappa shape index (κ3) is 4.00. The fourth-order valence-corrected chi connectivity index (χ4v) is 3.51. The maximum Gasteiger partial charge on any atom is 0.273 e. The van der Waals surface area contributed by atoms with Gasteiger partial charge in [-0.3, -0.25) is 14.6 Å². The Kier molecular flexibility index (Phi) is 5.42. The van der Waals surface area contributed by atoms with E-state index in [1.54, 1.807) is 6.07 Å². The Morgan fingerprint density at radius 3 is 2.57 bits per heavy atom. The smallest absolute Gasteiger partial charge is 0.273 e. The molecule has 0 atom stereocenters. The number of benzene rings is 2. The molecule has 6 nitrogen and oxygen atoms in total. The summed E-state index contributed by atoms with van der Waals surface area (Å²) in [6.07, 6.45) is 0. The van der Waals surface area contributed by atoms with E-state index in [1.807, 2.05) is 74.0 Å². The van der Waals surface area contributed by atoms with Crippen LogP contribution < -0.4 is 5.32 Å². The number of hydrogen-bond acceptors (Lipinski definition) is 3. The molecule has 2 aromatic carbocycles. The Hall–Kier alpha value is -3.38. The maximum absolute atomic E-state index is 12.8. The number of amides is 1. The van der Waals surface area contributed by atoms with Gasteiger partial charge in [-0.25, -0.2) is 0 Å². The van der Waals surface area contributed by atoms with Crippen molar-refractivity contribution in [3.05, 3.63) is 87.8 Å². The normalized spacial score (nSPS) is 10.9. The summed E-state index contributed by atoms with van der Waals surface area (Å²) in [5.74, 6) is -0.260. The first kappa shape index (κ1) is 19.9. The molecule has 0 aliphatic rings. The van der Waals surface area contributed by atoms with E-state index in [-0.39, 0.29) is 5.91 Å². The van der Waals surface area contributed by atoms with Crippen LogP contribution in [-0.4, -0.2) is 25.9 Å². The number of anilines is 1. The van der Waals surface area contributed by atoms with Gasteiger partial charge in [0.1, 0.15) is 5.69 Å². The molecule has 0 aliphatic heterocycles. The highest BCUT2D eigenvalue weighted by atomic mass is 35.5. The monoisotopic (exact) mass is 419 g/mol. The predicted molar refractivity (Wildman–Crippen MR) is 119 cm³/mol. The van der Waals surface area contributed by atoms with E-state index in [0.717, 1.165) is 28.2 Å². The van der Waals surface area contributed by atoms with Crippen molar-refractivity contribution in [2.24, 2.45) is 0 Å². The standard InChI is InChI=1S/C23H22ClN5O/c1-14-8-10-17(11-9-14)20-12-21(27-26-20)23(30)25-22-15(2)28-29(16(22)3)13-18-6-4-5-7-19(18)24/h4-12H,13H2,1-3H3,(H,25,30)(H,26,27). The van der Waals surface area contributed by atoms with Gasteiger partial charge in [0.05, 0.1) is 29.3 Å². The lowest BCUT2D eigenvalue weighted by Crippen LogP contribution is -2.14. The van der Waals surface area contributed by atoms with Gasteiger partial charge < -0.3 is 5.32 Å². The molecular weight excluding hydrogens is 398 g/mol. The van der Waals surface area contributed by atoms with Crippen molar-refractivity contribution in [2.45, 2.75) is 27.3 Å². The van der Waals surface area contributed by atoms with Gasteiger partial charge in [-0.15, -0.1) is 0 Å². The van der Waals surface area contributed by atoms with Crippen LogP contribution in [0.5, 0.6) is 0 Å². The molecule has 0 saturated heterocycles. The van der Waals surface area contributed by atoms with Crippen molar-refractivity contribution in [3.63, 3.8) is 0 Å². The number of H-pyrrole nitrogens is 1. The van der Waals surface area contributed by atoms with Crippen LogP contribution in [0.25, 0.3) is 11.3 Å². The van der Waals surface area contributed by atoms with E-state index in [9.17, 15) is 4.79 Å². The second kappa shape index (κ2) is 8.16. The maximum atomic E-state index is 12.8. The first-order valence-electron chi connectivity index (χ1n) is 9.63. The Morgan fingerprint density at radius 1 is 1.10 bits per heavy atom. The minimum atomic E-state index is -0.260. The Morgan fingerprint density at radius 2 is 1.83 bits per heavy atom. The van der Waals surface area contributed by atoms with E-state index >= 15 is 0 Å². The van der Waals surface area contributed by atoms with Crippen LogP contribution in [0.1, 0.15) is 33.0 Å². The lowest BCUT2D eigenvalue weighted by atomic mass is 10.1. The zero-order valence-electron chi connectivity index (χ0n) is 17.0. The summed E-state index contributed by atoms with van der Waals surface area (Å²) in [6.45, 7) is 6.36. The van der Waals surface area contributed by atoms with Gasteiger partial charge in [0.15, 0.2) is 0 Å². The number of aromatic amines is 1. The minimum absolute atomic E-state index is 0.260. The van der Waals surface area contributed by atoms with Crippen LogP contribution >= 0.6 is 11.6 Å². The average molecular weight is 420 g/mol. The minimum Gasteiger partial charge on any atom is -0.318 e. The molecule has 4 rings (SSSR count). The Labute approximate surface area is 179 Å². The second-order valence-electron chi connectivity index (χ2n) is 7.28. The summed E-state index contributed by atoms with van der Waals surface area (Å²) in [7, 11) is 0. The summed E-state index contributed by atoms with van der Waals surface area (Å²) in [5.41, 5.74) is 6.51. The van der Waals surface area contributed by atoms with Gasteiger partial charge in [0, 0.05) is 10.6 Å². The molecule has 4 aromatic rings. The molecule has 0 spiro atoms. The second-order valence-corrected chi connectivity index (χ2v) is 7.69. The zero-order chi connectivity index (χ0) is 21.3. The van der Waals surface area contributed by atoms with Gasteiger partial charge in [-0.1, -0.05) is 59.6 Å². The molecule has 7 heteroatoms. The molecule has 0 radical (unpaired) electrons. The van der Waals surface area contributed by atoms with Crippen LogP contribution in [-0.2, 0) is 6.54 Å². The zero-order valence-corrected chi connectivity index (χ0v) is 17.8. The van der Waals surface area contributed by atoms with E-state index in [0.29, 0.717) is 22.9 Å². The van der Waals surface area contributed by atoms with Crippen LogP contribution in [0.3, 0.4) is 0 Å². The number of carbonyl (C=O) groups excluding carboxylic acids is 1. The summed E-state index contributed by atoms with van der Waals surface area (Å²) >= 11 is 6.28. The highest BCUT2D eigenvalue weighted by molar-refractivity contribution is 6.31. The van der Waals surface area contributed by atoms with Crippen molar-refractivity contribution in [3.8, 4) is 11.3 Å². The molecule has 152 valence electrons. The summed E-state index contributed by atoms with van der Waals surface area (Å²) < 4.78 is 1.84. The first-order valence-corrected chi connectivity index (χ1v) is 10.0. The molecule has 2 N–H and O–H groups in total. The van der Waals surface area contributed by atoms with Crippen LogP contribution in [0.2, 0.25) is 5.02 Å². The van der Waals surface area contributed by atoms with Crippen LogP contribution in [0, 0.1) is 20.8 Å². The van der Waals surface area contributed by atoms with Gasteiger partial charge >= 0.3 is 0 Å². The number of aromatic nitrogens is 4. The molecule has 0 unspecified atom stereocenters. The molecule has 0 fully saturated rings. The number of rotatable bonds is 5.